The molecule has 3 aromatic heterocycles. The van der Waals surface area contributed by atoms with Crippen molar-refractivity contribution < 1.29 is 0 Å². The van der Waals surface area contributed by atoms with Gasteiger partial charge in [0, 0.05) is 52.5 Å². The van der Waals surface area contributed by atoms with Gasteiger partial charge in [0.25, 0.3) is 6.71 Å². The molecule has 0 bridgehead atoms. The predicted molar refractivity (Wildman–Crippen MR) is 261 cm³/mol. The van der Waals surface area contributed by atoms with Crippen LogP contribution in [0, 0.1) is 0 Å². The first kappa shape index (κ1) is 33.3. The van der Waals surface area contributed by atoms with E-state index < -0.39 is 0 Å². The zero-order valence-electron chi connectivity index (χ0n) is 33.3. The van der Waals surface area contributed by atoms with Crippen LogP contribution in [0.5, 0.6) is 0 Å². The van der Waals surface area contributed by atoms with Gasteiger partial charge in [-0.1, -0.05) is 130 Å². The van der Waals surface area contributed by atoms with Gasteiger partial charge in [0.2, 0.25) is 0 Å². The number of hydrogen-bond donors (Lipinski definition) is 0. The summed E-state index contributed by atoms with van der Waals surface area (Å²) < 4.78 is 7.90. The lowest BCUT2D eigenvalue weighted by Gasteiger charge is -2.46. The van der Waals surface area contributed by atoms with Gasteiger partial charge in [-0.05, 0) is 87.6 Å². The van der Waals surface area contributed by atoms with Crippen molar-refractivity contribution in [2.75, 3.05) is 9.80 Å². The van der Waals surface area contributed by atoms with E-state index in [-0.39, 0.29) is 12.1 Å². The number of benzene rings is 8. The van der Waals surface area contributed by atoms with E-state index in [1.165, 1.54) is 124 Å². The van der Waals surface area contributed by atoms with Crippen LogP contribution in [-0.2, 0) is 5.41 Å². The summed E-state index contributed by atoms with van der Waals surface area (Å²) in [5.74, 6) is 0. The molecule has 0 saturated carbocycles. The average Bonchev–Trinajstić information content (AvgIpc) is 3.96. The minimum Gasteiger partial charge on any atom is -0.309 e. The topological polar surface area (TPSA) is 11.4 Å². The molecular formula is C54H36BN3S2. The van der Waals surface area contributed by atoms with E-state index in [9.17, 15) is 0 Å². The molecule has 11 aromatic rings. The quantitative estimate of drug-likeness (QED) is 0.161. The van der Waals surface area contributed by atoms with Gasteiger partial charge in [0.15, 0.2) is 0 Å². The third kappa shape index (κ3) is 4.20. The summed E-state index contributed by atoms with van der Waals surface area (Å²) in [7, 11) is 0. The molecule has 282 valence electrons. The number of fused-ring (bicyclic) bond motifs is 14. The lowest BCUT2D eigenvalue weighted by molar-refractivity contribution is 0.590. The van der Waals surface area contributed by atoms with Gasteiger partial charge in [0.1, 0.15) is 0 Å². The van der Waals surface area contributed by atoms with Crippen LogP contribution in [0.4, 0.5) is 34.1 Å². The van der Waals surface area contributed by atoms with Crippen molar-refractivity contribution in [3.05, 3.63) is 169 Å². The Labute approximate surface area is 356 Å². The number of hydrogen-bond acceptors (Lipinski definition) is 4. The van der Waals surface area contributed by atoms with E-state index in [0.717, 1.165) is 0 Å². The van der Waals surface area contributed by atoms with Gasteiger partial charge in [-0.15, -0.1) is 22.7 Å². The Balaban J connectivity index is 1.16. The van der Waals surface area contributed by atoms with Crippen molar-refractivity contribution in [3.8, 4) is 16.8 Å². The van der Waals surface area contributed by atoms with Crippen LogP contribution in [0.3, 0.4) is 0 Å². The molecular weight excluding hydrogens is 766 g/mol. The van der Waals surface area contributed by atoms with Crippen LogP contribution in [0.15, 0.2) is 164 Å². The standard InChI is InChI=1S/C54H36BN3S2/c1-54(2,3)33-29-44-48-45(30-33)58(43-24-12-19-37-35-17-8-10-25-46(35)59-52(37)43)50-38-28-32(31-14-5-4-6-15-31)26-27-47(38)60-53(50)55(48)39-20-13-23-42-51(39)57(44)41-22-11-18-36-34-16-7-9-21-40(34)56(42)49(36)41/h4-30H,1-3H3. The molecule has 6 heterocycles. The Morgan fingerprint density at radius 2 is 1.13 bits per heavy atom. The minimum atomic E-state index is -0.107. The molecule has 3 nitrogen and oxygen atoms in total. The van der Waals surface area contributed by atoms with Crippen LogP contribution in [0.25, 0.3) is 68.9 Å². The Bertz CT molecular complexity index is 3680. The van der Waals surface area contributed by atoms with E-state index in [1.807, 2.05) is 22.7 Å². The summed E-state index contributed by atoms with van der Waals surface area (Å²) in [5, 5.41) is 6.52. The third-order valence-corrected chi connectivity index (χ3v) is 15.8. The number of rotatable bonds is 2. The highest BCUT2D eigenvalue weighted by Crippen LogP contribution is 2.55. The number of thiophene rings is 2. The van der Waals surface area contributed by atoms with Crippen LogP contribution in [-0.4, -0.2) is 11.3 Å². The minimum absolute atomic E-state index is 0.0447. The highest BCUT2D eigenvalue weighted by atomic mass is 32.1. The largest absolute Gasteiger partial charge is 0.309 e. The predicted octanol–water partition coefficient (Wildman–Crippen LogP) is 13.7. The zero-order chi connectivity index (χ0) is 39.6. The highest BCUT2D eigenvalue weighted by Gasteiger charge is 2.48. The molecule has 60 heavy (non-hydrogen) atoms. The SMILES string of the molecule is CC(C)(C)c1cc2c3c(c1)N1c4c(cccc4-n4c5ccccc5c5cccc1c54)B3c1sc3ccc(-c4ccccc4)cc3c1N2c1cccc2c1sc1ccccc12. The van der Waals surface area contributed by atoms with E-state index in [0.29, 0.717) is 0 Å². The number of anilines is 6. The fraction of sp³-hybridized carbons (Fsp3) is 0.0741. The van der Waals surface area contributed by atoms with Crippen molar-refractivity contribution in [2.24, 2.45) is 0 Å². The summed E-state index contributed by atoms with van der Waals surface area (Å²) in [4.78, 5) is 5.32. The second-order valence-corrected chi connectivity index (χ2v) is 19.8. The van der Waals surface area contributed by atoms with Crippen LogP contribution in [0.2, 0.25) is 0 Å². The molecule has 0 unspecified atom stereocenters. The van der Waals surface area contributed by atoms with Gasteiger partial charge in [-0.3, -0.25) is 0 Å². The van der Waals surface area contributed by atoms with Crippen LogP contribution in [0.1, 0.15) is 26.3 Å². The van der Waals surface area contributed by atoms with Gasteiger partial charge in [-0.25, -0.2) is 0 Å². The molecule has 8 aromatic carbocycles. The van der Waals surface area contributed by atoms with Gasteiger partial charge < -0.3 is 14.4 Å². The van der Waals surface area contributed by atoms with E-state index in [2.05, 4.69) is 199 Å². The zero-order valence-corrected chi connectivity index (χ0v) is 35.0. The summed E-state index contributed by atoms with van der Waals surface area (Å²) in [6, 6.07) is 61.9. The average molecular weight is 802 g/mol. The first-order valence-corrected chi connectivity index (χ1v) is 22.5. The maximum absolute atomic E-state index is 2.68. The van der Waals surface area contributed by atoms with Crippen molar-refractivity contribution >= 4 is 131 Å². The van der Waals surface area contributed by atoms with Crippen LogP contribution < -0.4 is 25.5 Å². The van der Waals surface area contributed by atoms with Gasteiger partial charge in [0.05, 0.1) is 44.2 Å². The normalized spacial score (nSPS) is 13.8. The van der Waals surface area contributed by atoms with E-state index >= 15 is 0 Å². The number of nitrogens with zero attached hydrogens (tertiary/aromatic N) is 3. The molecule has 14 rings (SSSR count). The second kappa shape index (κ2) is 11.6. The van der Waals surface area contributed by atoms with Gasteiger partial charge in [-0.2, -0.15) is 0 Å². The molecule has 6 heteroatoms. The number of aromatic nitrogens is 1. The fourth-order valence-electron chi connectivity index (χ4n) is 10.8. The first-order chi connectivity index (χ1) is 29.4. The Morgan fingerprint density at radius 1 is 0.467 bits per heavy atom. The smallest absolute Gasteiger partial charge is 0.264 e. The summed E-state index contributed by atoms with van der Waals surface area (Å²) >= 11 is 3.90. The molecule has 0 atom stereocenters. The molecule has 0 spiro atoms. The molecule has 0 fully saturated rings. The molecule has 0 aliphatic carbocycles. The number of para-hydroxylation sites is 3. The Hall–Kier alpha value is -6.60. The van der Waals surface area contributed by atoms with Gasteiger partial charge >= 0.3 is 0 Å². The maximum atomic E-state index is 2.68. The summed E-state index contributed by atoms with van der Waals surface area (Å²) in [6.45, 7) is 7.15. The van der Waals surface area contributed by atoms with E-state index in [4.69, 9.17) is 0 Å². The molecule has 0 N–H and O–H groups in total. The molecule has 0 radical (unpaired) electrons. The highest BCUT2D eigenvalue weighted by molar-refractivity contribution is 7.34. The lowest BCUT2D eigenvalue weighted by atomic mass is 9.36. The Morgan fingerprint density at radius 3 is 1.97 bits per heavy atom. The van der Waals surface area contributed by atoms with Crippen molar-refractivity contribution in [1.29, 1.82) is 0 Å². The lowest BCUT2D eigenvalue weighted by Crippen LogP contribution is -2.61. The van der Waals surface area contributed by atoms with Crippen molar-refractivity contribution in [2.45, 2.75) is 26.2 Å². The van der Waals surface area contributed by atoms with Crippen molar-refractivity contribution in [1.82, 2.24) is 4.57 Å². The first-order valence-electron chi connectivity index (χ1n) is 20.9. The summed E-state index contributed by atoms with van der Waals surface area (Å²) in [6.07, 6.45) is 0. The molecule has 0 amide bonds. The Kier molecular flexibility index (Phi) is 6.41. The monoisotopic (exact) mass is 801 g/mol. The third-order valence-electron chi connectivity index (χ3n) is 13.4. The summed E-state index contributed by atoms with van der Waals surface area (Å²) in [5.41, 5.74) is 17.9. The second-order valence-electron chi connectivity index (χ2n) is 17.7. The van der Waals surface area contributed by atoms with Crippen LogP contribution >= 0.6 is 22.7 Å². The molecule has 3 aliphatic heterocycles. The molecule has 3 aliphatic rings. The fourth-order valence-corrected chi connectivity index (χ4v) is 13.3. The van der Waals surface area contributed by atoms with E-state index in [1.54, 1.807) is 0 Å². The molecule has 0 saturated heterocycles. The maximum Gasteiger partial charge on any atom is 0.264 e. The van der Waals surface area contributed by atoms with Crippen molar-refractivity contribution in [3.63, 3.8) is 0 Å².